The summed E-state index contributed by atoms with van der Waals surface area (Å²) in [6.45, 7) is 14.7. The Labute approximate surface area is 146 Å². The predicted molar refractivity (Wildman–Crippen MR) is 88.2 cm³/mol. The van der Waals surface area contributed by atoms with Crippen molar-refractivity contribution in [3.63, 3.8) is 0 Å². The quantitative estimate of drug-likeness (QED) is 0.330. The predicted octanol–water partition coefficient (Wildman–Crippen LogP) is 2.24. The molecule has 5 atom stereocenters. The van der Waals surface area contributed by atoms with Crippen LogP contribution in [0.4, 0.5) is 0 Å². The molecule has 3 rings (SSSR count). The van der Waals surface area contributed by atoms with Crippen molar-refractivity contribution in [1.29, 1.82) is 0 Å². The highest BCUT2D eigenvalue weighted by molar-refractivity contribution is 5.91. The Morgan fingerprint density at radius 2 is 1.88 bits per heavy atom. The summed E-state index contributed by atoms with van der Waals surface area (Å²) in [7, 11) is 0. The molecule has 3 aliphatic rings. The summed E-state index contributed by atoms with van der Waals surface area (Å²) in [5, 5.41) is 0. The van der Waals surface area contributed by atoms with Gasteiger partial charge >= 0.3 is 17.9 Å². The molecule has 0 spiro atoms. The molecule has 1 heterocycles. The molecule has 2 aliphatic carbocycles. The van der Waals surface area contributed by atoms with Crippen LogP contribution in [-0.4, -0.2) is 35.7 Å². The van der Waals surface area contributed by atoms with Crippen molar-refractivity contribution in [3.8, 4) is 0 Å². The highest BCUT2D eigenvalue weighted by Crippen LogP contribution is 2.57. The SMILES string of the molecule is C=C1C(=O)O[C@H]2[C@H]1CCC(=C)[C@@H]1C[C@H](OC(C)=O)C(=C)[C@@]12OC(C)=O. The van der Waals surface area contributed by atoms with Gasteiger partial charge in [0.25, 0.3) is 0 Å². The number of carbonyl (C=O) groups is 3. The fourth-order valence-corrected chi connectivity index (χ4v) is 4.44. The topological polar surface area (TPSA) is 78.9 Å². The summed E-state index contributed by atoms with van der Waals surface area (Å²) in [4.78, 5) is 35.5. The smallest absolute Gasteiger partial charge is 0.334 e. The van der Waals surface area contributed by atoms with E-state index >= 15 is 0 Å². The number of fused-ring (bicyclic) bond motifs is 3. The molecule has 25 heavy (non-hydrogen) atoms. The average Bonchev–Trinajstić information content (AvgIpc) is 2.90. The second kappa shape index (κ2) is 5.86. The van der Waals surface area contributed by atoms with Gasteiger partial charge in [0.2, 0.25) is 0 Å². The fraction of sp³-hybridized carbons (Fsp3) is 0.526. The summed E-state index contributed by atoms with van der Waals surface area (Å²) in [5.74, 6) is -2.08. The molecule has 2 saturated carbocycles. The van der Waals surface area contributed by atoms with Gasteiger partial charge < -0.3 is 14.2 Å². The molecule has 1 saturated heterocycles. The molecule has 0 amide bonds. The number of carbonyl (C=O) groups excluding carboxylic acids is 3. The molecule has 0 bridgehead atoms. The molecule has 6 heteroatoms. The van der Waals surface area contributed by atoms with E-state index in [1.54, 1.807) is 0 Å². The average molecular weight is 346 g/mol. The monoisotopic (exact) mass is 346 g/mol. The Morgan fingerprint density at radius 3 is 2.48 bits per heavy atom. The van der Waals surface area contributed by atoms with Gasteiger partial charge in [-0.2, -0.15) is 0 Å². The Balaban J connectivity index is 2.13. The van der Waals surface area contributed by atoms with Crippen LogP contribution in [0.15, 0.2) is 36.5 Å². The lowest BCUT2D eigenvalue weighted by Gasteiger charge is -2.40. The van der Waals surface area contributed by atoms with Crippen LogP contribution < -0.4 is 0 Å². The van der Waals surface area contributed by atoms with Crippen LogP contribution in [0.25, 0.3) is 0 Å². The highest BCUT2D eigenvalue weighted by atomic mass is 16.6. The third kappa shape index (κ3) is 2.51. The van der Waals surface area contributed by atoms with Crippen LogP contribution >= 0.6 is 0 Å². The van der Waals surface area contributed by atoms with E-state index in [9.17, 15) is 14.4 Å². The molecule has 134 valence electrons. The molecular formula is C19H22O6. The van der Waals surface area contributed by atoms with Gasteiger partial charge in [-0.25, -0.2) is 4.79 Å². The van der Waals surface area contributed by atoms with E-state index in [1.165, 1.54) is 13.8 Å². The molecule has 3 fully saturated rings. The summed E-state index contributed by atoms with van der Waals surface area (Å²) in [6, 6.07) is 0. The minimum absolute atomic E-state index is 0.290. The van der Waals surface area contributed by atoms with Crippen LogP contribution in [0.2, 0.25) is 0 Å². The van der Waals surface area contributed by atoms with Crippen molar-refractivity contribution in [3.05, 3.63) is 36.5 Å². The van der Waals surface area contributed by atoms with Gasteiger partial charge in [0.05, 0.1) is 0 Å². The molecule has 0 aromatic heterocycles. The second-order valence-electron chi connectivity index (χ2n) is 6.95. The lowest BCUT2D eigenvalue weighted by Crippen LogP contribution is -2.52. The van der Waals surface area contributed by atoms with E-state index in [4.69, 9.17) is 14.2 Å². The van der Waals surface area contributed by atoms with E-state index in [-0.39, 0.29) is 11.8 Å². The first kappa shape index (κ1) is 17.5. The minimum atomic E-state index is -1.28. The summed E-state index contributed by atoms with van der Waals surface area (Å²) in [5.41, 5.74) is 0.395. The van der Waals surface area contributed by atoms with Crippen molar-refractivity contribution >= 4 is 17.9 Å². The highest BCUT2D eigenvalue weighted by Gasteiger charge is 2.66. The van der Waals surface area contributed by atoms with Gasteiger partial charge in [-0.05, 0) is 19.3 Å². The van der Waals surface area contributed by atoms with Gasteiger partial charge in [-0.1, -0.05) is 25.3 Å². The van der Waals surface area contributed by atoms with Crippen LogP contribution in [0, 0.1) is 11.8 Å². The van der Waals surface area contributed by atoms with Crippen molar-refractivity contribution in [2.75, 3.05) is 0 Å². The zero-order chi connectivity index (χ0) is 18.5. The Kier molecular flexibility index (Phi) is 4.09. The lowest BCUT2D eigenvalue weighted by atomic mass is 9.77. The number of hydrogen-bond donors (Lipinski definition) is 0. The first-order valence-corrected chi connectivity index (χ1v) is 8.32. The molecular weight excluding hydrogens is 324 g/mol. The normalized spacial score (nSPS) is 37.0. The molecule has 1 aliphatic heterocycles. The summed E-state index contributed by atoms with van der Waals surface area (Å²) < 4.78 is 16.7. The number of ether oxygens (including phenoxy) is 3. The standard InChI is InChI=1S/C19H22O6/c1-9-6-7-14-10(2)18(22)24-17(14)19(25-13(5)21)11(3)16(8-15(9)19)23-12(4)20/h14-17H,1-3,6-8H2,4-5H3/t14-,15-,16-,17-,19+/m0/s1. The molecule has 0 N–H and O–H groups in total. The number of esters is 3. The van der Waals surface area contributed by atoms with E-state index in [2.05, 4.69) is 19.7 Å². The Morgan fingerprint density at radius 1 is 1.20 bits per heavy atom. The third-order valence-electron chi connectivity index (χ3n) is 5.48. The fourth-order valence-electron chi connectivity index (χ4n) is 4.44. The molecule has 0 aromatic carbocycles. The van der Waals surface area contributed by atoms with Gasteiger partial charge in [0, 0.05) is 36.8 Å². The first-order valence-electron chi connectivity index (χ1n) is 8.32. The van der Waals surface area contributed by atoms with Crippen LogP contribution in [-0.2, 0) is 28.6 Å². The van der Waals surface area contributed by atoms with E-state index in [0.29, 0.717) is 30.4 Å². The molecule has 0 aromatic rings. The van der Waals surface area contributed by atoms with E-state index < -0.39 is 35.7 Å². The largest absolute Gasteiger partial charge is 0.458 e. The third-order valence-corrected chi connectivity index (χ3v) is 5.48. The zero-order valence-corrected chi connectivity index (χ0v) is 14.5. The van der Waals surface area contributed by atoms with Crippen molar-refractivity contribution in [2.24, 2.45) is 11.8 Å². The Hall–Kier alpha value is -2.37. The van der Waals surface area contributed by atoms with Crippen molar-refractivity contribution in [2.45, 2.75) is 50.9 Å². The molecule has 6 nitrogen and oxygen atoms in total. The van der Waals surface area contributed by atoms with Crippen LogP contribution in [0.3, 0.4) is 0 Å². The van der Waals surface area contributed by atoms with E-state index in [0.717, 1.165) is 5.57 Å². The molecule has 0 radical (unpaired) electrons. The zero-order valence-electron chi connectivity index (χ0n) is 14.5. The summed E-state index contributed by atoms with van der Waals surface area (Å²) in [6.07, 6.45) is 0.334. The van der Waals surface area contributed by atoms with E-state index in [1.807, 2.05) is 0 Å². The maximum absolute atomic E-state index is 12.1. The van der Waals surface area contributed by atoms with Gasteiger partial charge in [-0.15, -0.1) is 0 Å². The maximum atomic E-state index is 12.1. The lowest BCUT2D eigenvalue weighted by molar-refractivity contribution is -0.177. The van der Waals surface area contributed by atoms with Gasteiger partial charge in [0.1, 0.15) is 6.10 Å². The first-order chi connectivity index (χ1) is 11.7. The Bertz CT molecular complexity index is 705. The maximum Gasteiger partial charge on any atom is 0.334 e. The second-order valence-corrected chi connectivity index (χ2v) is 6.95. The minimum Gasteiger partial charge on any atom is -0.458 e. The number of hydrogen-bond acceptors (Lipinski definition) is 6. The van der Waals surface area contributed by atoms with Crippen LogP contribution in [0.5, 0.6) is 0 Å². The van der Waals surface area contributed by atoms with Gasteiger partial charge in [0.15, 0.2) is 11.7 Å². The van der Waals surface area contributed by atoms with Crippen LogP contribution in [0.1, 0.15) is 33.1 Å². The van der Waals surface area contributed by atoms with Crippen molar-refractivity contribution in [1.82, 2.24) is 0 Å². The molecule has 0 unspecified atom stereocenters. The number of rotatable bonds is 2. The summed E-state index contributed by atoms with van der Waals surface area (Å²) >= 11 is 0. The van der Waals surface area contributed by atoms with Crippen molar-refractivity contribution < 1.29 is 28.6 Å². The van der Waals surface area contributed by atoms with Gasteiger partial charge in [-0.3, -0.25) is 9.59 Å².